The van der Waals surface area contributed by atoms with Crippen LogP contribution in [0.3, 0.4) is 0 Å². The number of hydrogen-bond donors (Lipinski definition) is 0. The van der Waals surface area contributed by atoms with E-state index in [0.29, 0.717) is 0 Å². The lowest BCUT2D eigenvalue weighted by atomic mass is 10.2. The molecule has 0 spiro atoms. The normalized spacial score (nSPS) is 30.7. The summed E-state index contributed by atoms with van der Waals surface area (Å²) in [5.74, 6) is 0. The van der Waals surface area contributed by atoms with Crippen molar-refractivity contribution >= 4 is 25.7 Å². The van der Waals surface area contributed by atoms with E-state index in [0.717, 1.165) is 18.1 Å². The van der Waals surface area contributed by atoms with Crippen molar-refractivity contribution in [3.63, 3.8) is 0 Å². The first-order valence-electron chi connectivity index (χ1n) is 10.1. The topological polar surface area (TPSA) is 27.7 Å². The maximum absolute atomic E-state index is 6.82. The van der Waals surface area contributed by atoms with Gasteiger partial charge in [-0.15, -0.1) is 0 Å². The molecule has 0 atom stereocenters. The lowest BCUT2D eigenvalue weighted by molar-refractivity contribution is 0.227. The van der Waals surface area contributed by atoms with Gasteiger partial charge in [-0.3, -0.25) is 0 Å². The zero-order valence-electron chi connectivity index (χ0n) is 19.8. The van der Waals surface area contributed by atoms with E-state index in [9.17, 15) is 0 Å². The monoisotopic (exact) mass is 426 g/mol. The minimum atomic E-state index is -2.34. The van der Waals surface area contributed by atoms with Crippen LogP contribution < -0.4 is 0 Å². The standard InChI is InChI=1S/C21H42O3Si3/c1-16(2)19(7)13-25(10)22-26(11,14-20(8)17(3)4)24-27(12,23-25)15-21(9)18(5)6/h13-15H2,1-12H3. The van der Waals surface area contributed by atoms with Crippen molar-refractivity contribution in [2.45, 2.75) is 100 Å². The molecule has 0 radical (unpaired) electrons. The molecule has 156 valence electrons. The molecule has 0 bridgehead atoms. The molecule has 1 saturated heterocycles. The lowest BCUT2D eigenvalue weighted by Crippen LogP contribution is -2.67. The van der Waals surface area contributed by atoms with Gasteiger partial charge in [-0.05, 0) is 82.0 Å². The fourth-order valence-corrected chi connectivity index (χ4v) is 21.9. The maximum atomic E-state index is 6.82. The molecule has 27 heavy (non-hydrogen) atoms. The Labute approximate surface area is 171 Å². The Morgan fingerprint density at radius 1 is 0.444 bits per heavy atom. The summed E-state index contributed by atoms with van der Waals surface area (Å²) in [6.45, 7) is 26.5. The lowest BCUT2D eigenvalue weighted by Gasteiger charge is -2.51. The Kier molecular flexibility index (Phi) is 8.31. The van der Waals surface area contributed by atoms with Crippen LogP contribution in [0.5, 0.6) is 0 Å². The molecule has 3 nitrogen and oxygen atoms in total. The smallest absolute Gasteiger partial charge is 0.321 e. The third-order valence-corrected chi connectivity index (χ3v) is 19.5. The summed E-state index contributed by atoms with van der Waals surface area (Å²) in [6.07, 6.45) is 0. The second kappa shape index (κ2) is 9.05. The van der Waals surface area contributed by atoms with E-state index in [1.165, 1.54) is 33.4 Å². The highest BCUT2D eigenvalue weighted by molar-refractivity contribution is 6.94. The Morgan fingerprint density at radius 2 is 0.630 bits per heavy atom. The fraction of sp³-hybridized carbons (Fsp3) is 0.714. The van der Waals surface area contributed by atoms with Gasteiger partial charge in [0.15, 0.2) is 0 Å². The van der Waals surface area contributed by atoms with Crippen molar-refractivity contribution in [2.24, 2.45) is 0 Å². The van der Waals surface area contributed by atoms with Gasteiger partial charge in [0.25, 0.3) is 0 Å². The van der Waals surface area contributed by atoms with Crippen molar-refractivity contribution in [3.05, 3.63) is 33.4 Å². The minimum Gasteiger partial charge on any atom is -0.415 e. The molecular weight excluding hydrogens is 384 g/mol. The van der Waals surface area contributed by atoms with Crippen LogP contribution in [0.25, 0.3) is 0 Å². The molecule has 0 unspecified atom stereocenters. The first-order valence-corrected chi connectivity index (χ1v) is 17.7. The van der Waals surface area contributed by atoms with Gasteiger partial charge in [0, 0.05) is 18.1 Å². The molecule has 0 N–H and O–H groups in total. The van der Waals surface area contributed by atoms with Crippen molar-refractivity contribution in [3.8, 4) is 0 Å². The third kappa shape index (κ3) is 7.25. The fourth-order valence-electron chi connectivity index (χ4n) is 3.62. The molecule has 1 rings (SSSR count). The van der Waals surface area contributed by atoms with E-state index >= 15 is 0 Å². The summed E-state index contributed by atoms with van der Waals surface area (Å²) in [6, 6.07) is 2.81. The summed E-state index contributed by atoms with van der Waals surface area (Å²) in [5.41, 5.74) is 8.31. The Balaban J connectivity index is 3.33. The molecule has 0 aromatic rings. The van der Waals surface area contributed by atoms with Crippen molar-refractivity contribution < 1.29 is 12.3 Å². The van der Waals surface area contributed by atoms with E-state index in [1.807, 2.05) is 0 Å². The van der Waals surface area contributed by atoms with Crippen molar-refractivity contribution in [2.75, 3.05) is 0 Å². The van der Waals surface area contributed by atoms with Gasteiger partial charge in [-0.25, -0.2) is 0 Å². The molecule has 1 aliphatic rings. The Morgan fingerprint density at radius 3 is 0.778 bits per heavy atom. The van der Waals surface area contributed by atoms with Crippen LogP contribution in [0, 0.1) is 0 Å². The summed E-state index contributed by atoms with van der Waals surface area (Å²) < 4.78 is 20.5. The zero-order chi connectivity index (χ0) is 21.2. The van der Waals surface area contributed by atoms with Gasteiger partial charge in [-0.1, -0.05) is 33.4 Å². The van der Waals surface area contributed by atoms with Crippen LogP contribution in [0.2, 0.25) is 37.8 Å². The summed E-state index contributed by atoms with van der Waals surface area (Å²) >= 11 is 0. The van der Waals surface area contributed by atoms with Gasteiger partial charge in [0.2, 0.25) is 0 Å². The highest BCUT2D eigenvalue weighted by Crippen LogP contribution is 2.40. The second-order valence-corrected chi connectivity index (χ2v) is 19.9. The quantitative estimate of drug-likeness (QED) is 0.328. The van der Waals surface area contributed by atoms with Crippen LogP contribution in [-0.2, 0) is 12.3 Å². The van der Waals surface area contributed by atoms with Gasteiger partial charge in [-0.2, -0.15) is 0 Å². The zero-order valence-corrected chi connectivity index (χ0v) is 22.8. The largest absolute Gasteiger partial charge is 0.415 e. The molecule has 1 heterocycles. The Bertz CT molecular complexity index is 553. The van der Waals surface area contributed by atoms with Crippen LogP contribution >= 0.6 is 0 Å². The Hall–Kier alpha value is -0.249. The first kappa shape index (κ1) is 24.8. The van der Waals surface area contributed by atoms with Crippen LogP contribution in [-0.4, -0.2) is 25.7 Å². The average molecular weight is 427 g/mol. The summed E-state index contributed by atoms with van der Waals surface area (Å²) in [7, 11) is -7.02. The van der Waals surface area contributed by atoms with E-state index in [1.54, 1.807) is 0 Å². The molecule has 1 aliphatic heterocycles. The second-order valence-electron chi connectivity index (χ2n) is 9.58. The van der Waals surface area contributed by atoms with Crippen molar-refractivity contribution in [1.82, 2.24) is 0 Å². The van der Waals surface area contributed by atoms with Crippen LogP contribution in [0.15, 0.2) is 33.4 Å². The van der Waals surface area contributed by atoms with E-state index in [4.69, 9.17) is 12.3 Å². The molecule has 0 aliphatic carbocycles. The van der Waals surface area contributed by atoms with Gasteiger partial charge in [0.05, 0.1) is 0 Å². The molecule has 0 saturated carbocycles. The van der Waals surface area contributed by atoms with Gasteiger partial charge in [0.1, 0.15) is 0 Å². The first-order chi connectivity index (χ1) is 12.1. The summed E-state index contributed by atoms with van der Waals surface area (Å²) in [5, 5.41) is 0. The van der Waals surface area contributed by atoms with Crippen LogP contribution in [0.4, 0.5) is 0 Å². The molecular formula is C21H42O3Si3. The molecule has 0 amide bonds. The highest BCUT2D eigenvalue weighted by Gasteiger charge is 2.56. The molecule has 1 fully saturated rings. The van der Waals surface area contributed by atoms with Gasteiger partial charge >= 0.3 is 25.7 Å². The van der Waals surface area contributed by atoms with Crippen LogP contribution in [0.1, 0.15) is 62.3 Å². The molecule has 0 aromatic heterocycles. The molecule has 0 aromatic carbocycles. The van der Waals surface area contributed by atoms with Crippen molar-refractivity contribution in [1.29, 1.82) is 0 Å². The van der Waals surface area contributed by atoms with Gasteiger partial charge < -0.3 is 12.3 Å². The number of hydrogen-bond acceptors (Lipinski definition) is 3. The van der Waals surface area contributed by atoms with E-state index < -0.39 is 25.7 Å². The maximum Gasteiger partial charge on any atom is 0.321 e. The summed E-state index contributed by atoms with van der Waals surface area (Å²) in [4.78, 5) is 0. The number of allylic oxidation sites excluding steroid dienone is 6. The average Bonchev–Trinajstić information content (AvgIpc) is 2.43. The highest BCUT2D eigenvalue weighted by atomic mass is 28.5. The third-order valence-electron chi connectivity index (χ3n) is 5.61. The SMILES string of the molecule is CC(C)=C(C)C[Si]1(C)O[Si](C)(CC(C)=C(C)C)O[Si](C)(CC(C)=C(C)C)O1. The van der Waals surface area contributed by atoms with E-state index in [2.05, 4.69) is 82.0 Å². The minimum absolute atomic E-state index is 0.936. The molecule has 6 heteroatoms. The van der Waals surface area contributed by atoms with E-state index in [-0.39, 0.29) is 0 Å². The predicted octanol–water partition coefficient (Wildman–Crippen LogP) is 7.33. The predicted molar refractivity (Wildman–Crippen MR) is 125 cm³/mol. The number of rotatable bonds is 6.